The Bertz CT molecular complexity index is 542. The second-order valence-corrected chi connectivity index (χ2v) is 8.71. The molecule has 0 aromatic carbocycles. The first-order valence-electron chi connectivity index (χ1n) is 8.92. The SMILES string of the molecule is C[C@]12CCC(=O)C=C1CCC1C2CC[C@@]2(C)C1C[C@H]([18F])[C@@H]2O. The van der Waals surface area contributed by atoms with Gasteiger partial charge in [0.05, 0.1) is 6.10 Å². The van der Waals surface area contributed by atoms with Crippen molar-refractivity contribution in [2.45, 2.75) is 71.1 Å². The summed E-state index contributed by atoms with van der Waals surface area (Å²) in [6.45, 7) is 4.44. The minimum Gasteiger partial charge on any atom is -0.390 e. The second kappa shape index (κ2) is 4.66. The van der Waals surface area contributed by atoms with Gasteiger partial charge in [-0.25, -0.2) is 4.39 Å². The highest BCUT2D eigenvalue weighted by Crippen LogP contribution is 2.65. The van der Waals surface area contributed by atoms with Gasteiger partial charge >= 0.3 is 0 Å². The Labute approximate surface area is 132 Å². The number of fused-ring (bicyclic) bond motifs is 5. The van der Waals surface area contributed by atoms with Crippen LogP contribution in [0.5, 0.6) is 0 Å². The van der Waals surface area contributed by atoms with Gasteiger partial charge < -0.3 is 5.11 Å². The molecule has 0 aliphatic heterocycles. The number of aliphatic hydroxyl groups is 1. The highest BCUT2D eigenvalue weighted by atomic mass is 18.2. The largest absolute Gasteiger partial charge is 0.390 e. The van der Waals surface area contributed by atoms with E-state index in [0.29, 0.717) is 30.6 Å². The van der Waals surface area contributed by atoms with Crippen LogP contribution in [0.3, 0.4) is 0 Å². The Balaban J connectivity index is 1.69. The first-order chi connectivity index (χ1) is 10.4. The van der Waals surface area contributed by atoms with Crippen LogP contribution in [0.2, 0.25) is 0 Å². The molecular weight excluding hydrogens is 278 g/mol. The third-order valence-corrected chi connectivity index (χ3v) is 7.90. The number of hydrogen-bond acceptors (Lipinski definition) is 2. The zero-order valence-corrected chi connectivity index (χ0v) is 13.6. The summed E-state index contributed by atoms with van der Waals surface area (Å²) in [5.41, 5.74) is 1.25. The van der Waals surface area contributed by atoms with Crippen molar-refractivity contribution in [2.24, 2.45) is 28.6 Å². The van der Waals surface area contributed by atoms with E-state index in [1.165, 1.54) is 5.57 Å². The minimum atomic E-state index is -1.05. The summed E-state index contributed by atoms with van der Waals surface area (Å²) >= 11 is 0. The van der Waals surface area contributed by atoms with Crippen LogP contribution in [0.15, 0.2) is 11.6 Å². The molecule has 22 heavy (non-hydrogen) atoms. The van der Waals surface area contributed by atoms with Gasteiger partial charge in [0.15, 0.2) is 5.78 Å². The zero-order valence-electron chi connectivity index (χ0n) is 13.6. The zero-order chi connectivity index (χ0) is 15.7. The fraction of sp³-hybridized carbons (Fsp3) is 0.842. The smallest absolute Gasteiger partial charge is 0.155 e. The number of alkyl halides is 1. The number of aliphatic hydroxyl groups excluding tert-OH is 1. The van der Waals surface area contributed by atoms with E-state index in [2.05, 4.69) is 13.8 Å². The van der Waals surface area contributed by atoms with Crippen LogP contribution in [0.4, 0.5) is 4.39 Å². The second-order valence-electron chi connectivity index (χ2n) is 8.71. The topological polar surface area (TPSA) is 37.3 Å². The van der Waals surface area contributed by atoms with E-state index in [1.54, 1.807) is 0 Å². The van der Waals surface area contributed by atoms with Crippen molar-refractivity contribution in [1.29, 1.82) is 0 Å². The highest BCUT2D eigenvalue weighted by Gasteiger charge is 2.61. The van der Waals surface area contributed by atoms with E-state index in [9.17, 15) is 14.3 Å². The van der Waals surface area contributed by atoms with Crippen molar-refractivity contribution in [3.8, 4) is 0 Å². The molecule has 0 aromatic rings. The predicted octanol–water partition coefficient (Wildman–Crippen LogP) is 3.83. The Morgan fingerprint density at radius 2 is 1.95 bits per heavy atom. The van der Waals surface area contributed by atoms with Gasteiger partial charge in [-0.15, -0.1) is 0 Å². The maximum atomic E-state index is 14.2. The molecule has 2 nitrogen and oxygen atoms in total. The lowest BCUT2D eigenvalue weighted by Crippen LogP contribution is -2.51. The van der Waals surface area contributed by atoms with Gasteiger partial charge in [-0.1, -0.05) is 19.4 Å². The summed E-state index contributed by atoms with van der Waals surface area (Å²) in [6, 6.07) is 0. The number of allylic oxidation sites excluding steroid dienone is 1. The minimum absolute atomic E-state index is 0.136. The maximum Gasteiger partial charge on any atom is 0.155 e. The fourth-order valence-electron chi connectivity index (χ4n) is 6.50. The molecule has 4 aliphatic carbocycles. The van der Waals surface area contributed by atoms with Gasteiger partial charge in [0.2, 0.25) is 0 Å². The van der Waals surface area contributed by atoms with Crippen LogP contribution in [0.1, 0.15) is 58.8 Å². The molecular formula is C19H27FO2. The maximum absolute atomic E-state index is 14.2. The van der Waals surface area contributed by atoms with Gasteiger partial charge in [-0.2, -0.15) is 0 Å². The van der Waals surface area contributed by atoms with Crippen molar-refractivity contribution in [3.05, 3.63) is 11.6 Å². The molecule has 0 bridgehead atoms. The molecule has 4 aliphatic rings. The third-order valence-electron chi connectivity index (χ3n) is 7.90. The Morgan fingerprint density at radius 1 is 1.18 bits per heavy atom. The molecule has 3 unspecified atom stereocenters. The molecule has 0 radical (unpaired) electrons. The van der Waals surface area contributed by atoms with E-state index in [-0.39, 0.29) is 16.6 Å². The van der Waals surface area contributed by atoms with E-state index >= 15 is 0 Å². The number of halogens is 1. The van der Waals surface area contributed by atoms with Crippen molar-refractivity contribution in [1.82, 2.24) is 0 Å². The molecule has 122 valence electrons. The number of carbonyl (C=O) groups is 1. The summed E-state index contributed by atoms with van der Waals surface area (Å²) in [4.78, 5) is 11.8. The third kappa shape index (κ3) is 1.78. The van der Waals surface area contributed by atoms with Crippen LogP contribution < -0.4 is 0 Å². The van der Waals surface area contributed by atoms with Crippen molar-refractivity contribution < 1.29 is 14.3 Å². The molecule has 3 heteroatoms. The van der Waals surface area contributed by atoms with Gasteiger partial charge in [-0.05, 0) is 73.2 Å². The molecule has 3 fully saturated rings. The molecule has 4 rings (SSSR count). The van der Waals surface area contributed by atoms with Crippen LogP contribution in [0, 0.1) is 28.6 Å². The number of rotatable bonds is 0. The molecule has 0 spiro atoms. The lowest BCUT2D eigenvalue weighted by atomic mass is 9.47. The lowest BCUT2D eigenvalue weighted by molar-refractivity contribution is -0.118. The quantitative estimate of drug-likeness (QED) is 0.738. The number of ketones is 1. The molecule has 0 aromatic heterocycles. The van der Waals surface area contributed by atoms with Gasteiger partial charge in [0.25, 0.3) is 0 Å². The first kappa shape index (κ1) is 14.9. The van der Waals surface area contributed by atoms with Crippen molar-refractivity contribution in [3.63, 3.8) is 0 Å². The van der Waals surface area contributed by atoms with E-state index in [1.807, 2.05) is 6.08 Å². The highest BCUT2D eigenvalue weighted by molar-refractivity contribution is 5.91. The Kier molecular flexibility index (Phi) is 3.15. The normalized spacial score (nSPS) is 54.3. The van der Waals surface area contributed by atoms with Gasteiger partial charge in [-0.3, -0.25) is 4.79 Å². The van der Waals surface area contributed by atoms with Gasteiger partial charge in [0.1, 0.15) is 6.17 Å². The number of carbonyl (C=O) groups excluding carboxylic acids is 1. The molecule has 1 N–H and O–H groups in total. The standard InChI is InChI=1S/C19H27FO2/c1-18-7-5-12(21)9-11(18)3-4-13-14(18)6-8-19(2)15(13)10-16(20)17(19)22/h9,13-17,22H,3-8,10H2,1-2H3/t13?,14?,15?,16-,17-,18-,19-/m0/s1/i20-1. The van der Waals surface area contributed by atoms with Crippen LogP contribution in [-0.2, 0) is 4.79 Å². The summed E-state index contributed by atoms with van der Waals surface area (Å²) < 4.78 is 14.2. The predicted molar refractivity (Wildman–Crippen MR) is 83.0 cm³/mol. The van der Waals surface area contributed by atoms with E-state index < -0.39 is 12.3 Å². The lowest BCUT2D eigenvalue weighted by Gasteiger charge is -2.57. The van der Waals surface area contributed by atoms with Crippen LogP contribution >= 0.6 is 0 Å². The van der Waals surface area contributed by atoms with Crippen LogP contribution in [0.25, 0.3) is 0 Å². The molecule has 0 saturated heterocycles. The molecule has 0 amide bonds. The Hall–Kier alpha value is -0.700. The van der Waals surface area contributed by atoms with E-state index in [4.69, 9.17) is 0 Å². The van der Waals surface area contributed by atoms with Crippen LogP contribution in [-0.4, -0.2) is 23.2 Å². The van der Waals surface area contributed by atoms with Gasteiger partial charge in [0, 0.05) is 6.42 Å². The summed E-state index contributed by atoms with van der Waals surface area (Å²) in [5, 5.41) is 10.3. The molecule has 0 heterocycles. The average Bonchev–Trinajstić information content (AvgIpc) is 2.72. The molecule has 7 atom stereocenters. The van der Waals surface area contributed by atoms with E-state index in [0.717, 1.165) is 32.1 Å². The van der Waals surface area contributed by atoms with Crippen molar-refractivity contribution in [2.75, 3.05) is 0 Å². The number of hydrogen-bond donors (Lipinski definition) is 1. The average molecular weight is 305 g/mol. The summed E-state index contributed by atoms with van der Waals surface area (Å²) in [5.74, 6) is 1.68. The fourth-order valence-corrected chi connectivity index (χ4v) is 6.50. The molecule has 3 saturated carbocycles. The monoisotopic (exact) mass is 305 g/mol. The van der Waals surface area contributed by atoms with Crippen molar-refractivity contribution >= 4 is 5.78 Å². The first-order valence-corrected chi connectivity index (χ1v) is 8.92. The Morgan fingerprint density at radius 3 is 2.73 bits per heavy atom. The summed E-state index contributed by atoms with van der Waals surface area (Å²) in [7, 11) is 0. The summed E-state index contributed by atoms with van der Waals surface area (Å²) in [6.07, 6.45) is 6.30.